The van der Waals surface area contributed by atoms with Crippen LogP contribution in [-0.2, 0) is 16.4 Å². The Hall–Kier alpha value is -2.60. The van der Waals surface area contributed by atoms with Crippen LogP contribution in [0.15, 0.2) is 64.6 Å². The maximum Gasteiger partial charge on any atom is 0.276 e. The lowest BCUT2D eigenvalue weighted by molar-refractivity contribution is 0.362. The number of aryl methyl sites for hydroxylation is 2. The molecule has 1 aliphatic carbocycles. The molecule has 0 fully saturated rings. The first-order chi connectivity index (χ1) is 12.5. The Bertz CT molecular complexity index is 946. The van der Waals surface area contributed by atoms with Gasteiger partial charge in [-0.25, -0.2) is 0 Å². The largest absolute Gasteiger partial charge is 0.489 e. The minimum atomic E-state index is -3.69. The molecule has 0 amide bonds. The molecule has 0 saturated carbocycles. The summed E-state index contributed by atoms with van der Waals surface area (Å²) in [5, 5.41) is 4.20. The summed E-state index contributed by atoms with van der Waals surface area (Å²) in [6, 6.07) is 12.5. The molecule has 0 atom stereocenters. The summed E-state index contributed by atoms with van der Waals surface area (Å²) in [4.78, 5) is 2.56. The highest BCUT2D eigenvalue weighted by Crippen LogP contribution is 2.31. The van der Waals surface area contributed by atoms with Crippen molar-refractivity contribution in [1.29, 1.82) is 0 Å². The van der Waals surface area contributed by atoms with Crippen LogP contribution in [0.4, 0.5) is 0 Å². The zero-order chi connectivity index (χ0) is 18.6. The van der Waals surface area contributed by atoms with Gasteiger partial charge < -0.3 is 4.74 Å². The third-order valence-electron chi connectivity index (χ3n) is 4.24. The van der Waals surface area contributed by atoms with Crippen LogP contribution in [0.5, 0.6) is 5.75 Å². The Labute approximate surface area is 154 Å². The first kappa shape index (κ1) is 18.2. The van der Waals surface area contributed by atoms with Crippen molar-refractivity contribution in [3.05, 3.63) is 71.3 Å². The lowest BCUT2D eigenvalue weighted by atomic mass is 10.1. The van der Waals surface area contributed by atoms with Crippen molar-refractivity contribution in [2.24, 2.45) is 5.10 Å². The van der Waals surface area contributed by atoms with E-state index >= 15 is 0 Å². The van der Waals surface area contributed by atoms with Crippen LogP contribution in [0, 0.1) is 6.92 Å². The Morgan fingerprint density at radius 1 is 1.15 bits per heavy atom. The molecule has 0 unspecified atom stereocenters. The average Bonchev–Trinajstić information content (AvgIpc) is 3.05. The van der Waals surface area contributed by atoms with Gasteiger partial charge in [0.1, 0.15) is 12.4 Å². The SMILES string of the molecule is C/C=C/COc1cccc2c1/C(=N/NS(=O)(=O)c1ccc(C)cc1)CC2. The molecule has 0 spiro atoms. The molecule has 26 heavy (non-hydrogen) atoms. The summed E-state index contributed by atoms with van der Waals surface area (Å²) in [7, 11) is -3.69. The number of rotatable bonds is 6. The number of hydrazone groups is 1. The quantitative estimate of drug-likeness (QED) is 0.624. The average molecular weight is 370 g/mol. The zero-order valence-corrected chi connectivity index (χ0v) is 15.7. The van der Waals surface area contributed by atoms with E-state index < -0.39 is 10.0 Å². The maximum atomic E-state index is 12.4. The van der Waals surface area contributed by atoms with Gasteiger partial charge in [-0.2, -0.15) is 18.4 Å². The van der Waals surface area contributed by atoms with E-state index in [9.17, 15) is 8.42 Å². The number of ether oxygens (including phenoxy) is 1. The third kappa shape index (κ3) is 3.96. The number of fused-ring (bicyclic) bond motifs is 1. The normalized spacial score (nSPS) is 15.4. The summed E-state index contributed by atoms with van der Waals surface area (Å²) >= 11 is 0. The molecule has 0 heterocycles. The third-order valence-corrected chi connectivity index (χ3v) is 5.46. The summed E-state index contributed by atoms with van der Waals surface area (Å²) in [6.45, 7) is 4.32. The molecule has 1 N–H and O–H groups in total. The fourth-order valence-corrected chi connectivity index (χ4v) is 3.67. The summed E-state index contributed by atoms with van der Waals surface area (Å²) < 4.78 is 30.7. The molecular weight excluding hydrogens is 348 g/mol. The smallest absolute Gasteiger partial charge is 0.276 e. The van der Waals surface area contributed by atoms with Crippen LogP contribution in [0.3, 0.4) is 0 Å². The van der Waals surface area contributed by atoms with Crippen molar-refractivity contribution in [1.82, 2.24) is 4.83 Å². The van der Waals surface area contributed by atoms with Crippen LogP contribution in [0.2, 0.25) is 0 Å². The topological polar surface area (TPSA) is 67.8 Å². The predicted octanol–water partition coefficient (Wildman–Crippen LogP) is 3.58. The van der Waals surface area contributed by atoms with E-state index in [1.54, 1.807) is 24.3 Å². The highest BCUT2D eigenvalue weighted by molar-refractivity contribution is 7.89. The number of allylic oxidation sites excluding steroid dienone is 1. The summed E-state index contributed by atoms with van der Waals surface area (Å²) in [5.74, 6) is 0.728. The van der Waals surface area contributed by atoms with Gasteiger partial charge in [-0.05, 0) is 50.5 Å². The molecule has 0 bridgehead atoms. The number of hydrogen-bond acceptors (Lipinski definition) is 4. The number of hydrogen-bond donors (Lipinski definition) is 1. The molecule has 2 aromatic rings. The first-order valence-corrected chi connectivity index (χ1v) is 10.0. The van der Waals surface area contributed by atoms with Gasteiger partial charge in [-0.3, -0.25) is 0 Å². The van der Waals surface area contributed by atoms with Crippen molar-refractivity contribution in [2.75, 3.05) is 6.61 Å². The summed E-state index contributed by atoms with van der Waals surface area (Å²) in [5.41, 5.74) is 3.72. The Kier molecular flexibility index (Phi) is 5.42. The van der Waals surface area contributed by atoms with Gasteiger partial charge in [-0.1, -0.05) is 42.0 Å². The predicted molar refractivity (Wildman–Crippen MR) is 103 cm³/mol. The highest BCUT2D eigenvalue weighted by Gasteiger charge is 2.23. The Morgan fingerprint density at radius 2 is 1.92 bits per heavy atom. The van der Waals surface area contributed by atoms with E-state index in [-0.39, 0.29) is 4.90 Å². The van der Waals surface area contributed by atoms with Gasteiger partial charge in [0.15, 0.2) is 0 Å². The van der Waals surface area contributed by atoms with E-state index in [1.807, 2.05) is 44.2 Å². The van der Waals surface area contributed by atoms with Gasteiger partial charge in [0.2, 0.25) is 0 Å². The van der Waals surface area contributed by atoms with Gasteiger partial charge in [0.05, 0.1) is 10.6 Å². The zero-order valence-electron chi connectivity index (χ0n) is 14.9. The molecule has 6 heteroatoms. The maximum absolute atomic E-state index is 12.4. The fourth-order valence-electron chi connectivity index (χ4n) is 2.84. The van der Waals surface area contributed by atoms with Crippen molar-refractivity contribution >= 4 is 15.7 Å². The second-order valence-electron chi connectivity index (χ2n) is 6.14. The minimum Gasteiger partial charge on any atom is -0.489 e. The number of nitrogens with zero attached hydrogens (tertiary/aromatic N) is 1. The molecule has 0 radical (unpaired) electrons. The van der Waals surface area contributed by atoms with E-state index in [2.05, 4.69) is 9.93 Å². The van der Waals surface area contributed by atoms with E-state index in [1.165, 1.54) is 0 Å². The van der Waals surface area contributed by atoms with Crippen LogP contribution in [-0.4, -0.2) is 20.7 Å². The van der Waals surface area contributed by atoms with Crippen LogP contribution < -0.4 is 9.57 Å². The van der Waals surface area contributed by atoms with E-state index in [0.717, 1.165) is 28.9 Å². The minimum absolute atomic E-state index is 0.197. The Balaban J connectivity index is 1.85. The van der Waals surface area contributed by atoms with Crippen LogP contribution in [0.1, 0.15) is 30.0 Å². The van der Waals surface area contributed by atoms with Crippen LogP contribution >= 0.6 is 0 Å². The molecule has 0 aliphatic heterocycles. The lowest BCUT2D eigenvalue weighted by Crippen LogP contribution is -2.20. The Morgan fingerprint density at radius 3 is 2.65 bits per heavy atom. The molecule has 136 valence electrons. The van der Waals surface area contributed by atoms with E-state index in [4.69, 9.17) is 4.74 Å². The van der Waals surface area contributed by atoms with E-state index in [0.29, 0.717) is 18.7 Å². The number of nitrogens with one attached hydrogen (secondary N) is 1. The van der Waals surface area contributed by atoms with Gasteiger partial charge in [0.25, 0.3) is 10.0 Å². The molecule has 0 aromatic heterocycles. The lowest BCUT2D eigenvalue weighted by Gasteiger charge is -2.10. The summed E-state index contributed by atoms with van der Waals surface area (Å²) in [6.07, 6.45) is 5.34. The molecular formula is C20H22N2O3S. The van der Waals surface area contributed by atoms with Crippen molar-refractivity contribution in [3.8, 4) is 5.75 Å². The van der Waals surface area contributed by atoms with Gasteiger partial charge in [-0.15, -0.1) is 0 Å². The van der Waals surface area contributed by atoms with Gasteiger partial charge in [0, 0.05) is 5.56 Å². The second kappa shape index (κ2) is 7.74. The molecule has 2 aromatic carbocycles. The molecule has 3 rings (SSSR count). The van der Waals surface area contributed by atoms with Gasteiger partial charge >= 0.3 is 0 Å². The monoisotopic (exact) mass is 370 g/mol. The fraction of sp³-hybridized carbons (Fsp3) is 0.250. The number of benzene rings is 2. The van der Waals surface area contributed by atoms with Crippen molar-refractivity contribution in [3.63, 3.8) is 0 Å². The van der Waals surface area contributed by atoms with Crippen molar-refractivity contribution in [2.45, 2.75) is 31.6 Å². The number of sulfonamides is 1. The molecule has 0 saturated heterocycles. The van der Waals surface area contributed by atoms with Crippen molar-refractivity contribution < 1.29 is 13.2 Å². The molecule has 5 nitrogen and oxygen atoms in total. The standard InChI is InChI=1S/C20H22N2O3S/c1-3-4-14-25-19-7-5-6-16-10-13-18(20(16)19)21-22-26(23,24)17-11-8-15(2)9-12-17/h3-9,11-12,22H,10,13-14H2,1-2H3/b4-3+,21-18+. The van der Waals surface area contributed by atoms with Crippen LogP contribution in [0.25, 0.3) is 0 Å². The second-order valence-corrected chi connectivity index (χ2v) is 7.80. The first-order valence-electron chi connectivity index (χ1n) is 8.52. The molecule has 1 aliphatic rings. The highest BCUT2D eigenvalue weighted by atomic mass is 32.2.